The third-order valence-electron chi connectivity index (χ3n) is 4.00. The minimum atomic E-state index is 0.396. The molecule has 1 saturated heterocycles. The maximum absolute atomic E-state index is 5.25. The fourth-order valence-corrected chi connectivity index (χ4v) is 3.61. The van der Waals surface area contributed by atoms with E-state index in [-0.39, 0.29) is 0 Å². The zero-order chi connectivity index (χ0) is 12.9. The van der Waals surface area contributed by atoms with Gasteiger partial charge in [0.15, 0.2) is 0 Å². The van der Waals surface area contributed by atoms with Crippen molar-refractivity contribution in [1.82, 2.24) is 4.90 Å². The minimum Gasteiger partial charge on any atom is -0.384 e. The Morgan fingerprint density at radius 3 is 2.29 bits per heavy atom. The normalized spacial score (nSPS) is 21.7. The highest BCUT2D eigenvalue weighted by atomic mass is 79.9. The second kappa shape index (κ2) is 7.10. The highest BCUT2D eigenvalue weighted by molar-refractivity contribution is 9.09. The van der Waals surface area contributed by atoms with E-state index in [1.807, 2.05) is 7.11 Å². The molecule has 0 bridgehead atoms. The topological polar surface area (TPSA) is 12.5 Å². The molecular formula is C14H28BrNO. The molecule has 0 N–H and O–H groups in total. The monoisotopic (exact) mass is 305 g/mol. The summed E-state index contributed by atoms with van der Waals surface area (Å²) in [5.41, 5.74) is 0.396. The average Bonchev–Trinajstić information content (AvgIpc) is 2.27. The molecule has 1 unspecified atom stereocenters. The van der Waals surface area contributed by atoms with E-state index in [1.54, 1.807) is 0 Å². The predicted octanol–water partition coefficient (Wildman–Crippen LogP) is 3.40. The largest absolute Gasteiger partial charge is 0.384 e. The summed E-state index contributed by atoms with van der Waals surface area (Å²) >= 11 is 3.67. The van der Waals surface area contributed by atoms with Gasteiger partial charge >= 0.3 is 0 Å². The van der Waals surface area contributed by atoms with Crippen LogP contribution in [0.2, 0.25) is 0 Å². The molecule has 0 radical (unpaired) electrons. The first-order chi connectivity index (χ1) is 7.97. The molecule has 1 fully saturated rings. The molecule has 0 aromatic carbocycles. The van der Waals surface area contributed by atoms with Gasteiger partial charge in [0.1, 0.15) is 0 Å². The number of methoxy groups -OCH3 is 1. The van der Waals surface area contributed by atoms with Crippen molar-refractivity contribution in [3.63, 3.8) is 0 Å². The fourth-order valence-electron chi connectivity index (χ4n) is 2.44. The van der Waals surface area contributed by atoms with E-state index in [0.29, 0.717) is 5.41 Å². The van der Waals surface area contributed by atoms with Crippen LogP contribution in [0.1, 0.15) is 33.6 Å². The minimum absolute atomic E-state index is 0.396. The van der Waals surface area contributed by atoms with Crippen molar-refractivity contribution in [1.29, 1.82) is 0 Å². The van der Waals surface area contributed by atoms with Gasteiger partial charge in [0.25, 0.3) is 0 Å². The van der Waals surface area contributed by atoms with Gasteiger partial charge in [-0.1, -0.05) is 36.7 Å². The first-order valence-corrected chi connectivity index (χ1v) is 7.86. The molecule has 1 atom stereocenters. The van der Waals surface area contributed by atoms with Gasteiger partial charge in [-0.25, -0.2) is 0 Å². The third-order valence-corrected chi connectivity index (χ3v) is 4.78. The SMILES string of the molecule is COCC1CCN(CC(CBr)C(C)(C)C)CC1. The summed E-state index contributed by atoms with van der Waals surface area (Å²) < 4.78 is 5.25. The van der Waals surface area contributed by atoms with Gasteiger partial charge in [-0.05, 0) is 43.2 Å². The predicted molar refractivity (Wildman–Crippen MR) is 77.8 cm³/mol. The number of nitrogens with zero attached hydrogens (tertiary/aromatic N) is 1. The van der Waals surface area contributed by atoms with Crippen molar-refractivity contribution in [2.45, 2.75) is 33.6 Å². The van der Waals surface area contributed by atoms with Crippen LogP contribution in [0.4, 0.5) is 0 Å². The summed E-state index contributed by atoms with van der Waals surface area (Å²) in [6.45, 7) is 11.7. The maximum Gasteiger partial charge on any atom is 0.0491 e. The Hall–Kier alpha value is 0.400. The van der Waals surface area contributed by atoms with Crippen LogP contribution in [-0.2, 0) is 4.74 Å². The van der Waals surface area contributed by atoms with Crippen molar-refractivity contribution in [3.8, 4) is 0 Å². The van der Waals surface area contributed by atoms with E-state index < -0.39 is 0 Å². The second-order valence-corrected chi connectivity index (χ2v) is 7.06. The van der Waals surface area contributed by atoms with E-state index in [1.165, 1.54) is 32.5 Å². The molecule has 0 spiro atoms. The molecule has 1 heterocycles. The fraction of sp³-hybridized carbons (Fsp3) is 1.00. The highest BCUT2D eigenvalue weighted by Crippen LogP contribution is 2.29. The van der Waals surface area contributed by atoms with Gasteiger partial charge in [-0.3, -0.25) is 0 Å². The van der Waals surface area contributed by atoms with Crippen molar-refractivity contribution in [2.75, 3.05) is 38.7 Å². The average molecular weight is 306 g/mol. The number of ether oxygens (including phenoxy) is 1. The molecule has 0 aromatic heterocycles. The van der Waals surface area contributed by atoms with Crippen molar-refractivity contribution < 1.29 is 4.74 Å². The summed E-state index contributed by atoms with van der Waals surface area (Å²) in [7, 11) is 1.81. The van der Waals surface area contributed by atoms with Crippen LogP contribution >= 0.6 is 15.9 Å². The van der Waals surface area contributed by atoms with Gasteiger partial charge in [0, 0.05) is 25.6 Å². The van der Waals surface area contributed by atoms with Gasteiger partial charge in [0.05, 0.1) is 0 Å². The maximum atomic E-state index is 5.25. The Bertz CT molecular complexity index is 207. The van der Waals surface area contributed by atoms with Crippen LogP contribution in [0.5, 0.6) is 0 Å². The van der Waals surface area contributed by atoms with Crippen LogP contribution < -0.4 is 0 Å². The van der Waals surface area contributed by atoms with E-state index in [4.69, 9.17) is 4.74 Å². The molecule has 1 aliphatic rings. The van der Waals surface area contributed by atoms with E-state index >= 15 is 0 Å². The number of piperidine rings is 1. The molecule has 2 nitrogen and oxygen atoms in total. The van der Waals surface area contributed by atoms with Gasteiger partial charge in [-0.15, -0.1) is 0 Å². The molecule has 3 heteroatoms. The number of halogens is 1. The van der Waals surface area contributed by atoms with Crippen LogP contribution in [0.3, 0.4) is 0 Å². The summed E-state index contributed by atoms with van der Waals surface area (Å²) in [6.07, 6.45) is 2.60. The van der Waals surface area contributed by atoms with Gasteiger partial charge in [-0.2, -0.15) is 0 Å². The molecule has 0 amide bonds. The number of likely N-dealkylation sites (tertiary alicyclic amines) is 1. The molecule has 0 saturated carbocycles. The zero-order valence-electron chi connectivity index (χ0n) is 11.8. The van der Waals surface area contributed by atoms with Gasteiger partial charge < -0.3 is 9.64 Å². The van der Waals surface area contributed by atoms with E-state index in [9.17, 15) is 0 Å². The molecule has 0 aromatic rings. The molecular weight excluding hydrogens is 278 g/mol. The summed E-state index contributed by atoms with van der Waals surface area (Å²) in [4.78, 5) is 2.63. The van der Waals surface area contributed by atoms with Crippen LogP contribution in [0, 0.1) is 17.3 Å². The molecule has 102 valence electrons. The lowest BCUT2D eigenvalue weighted by atomic mass is 9.81. The third kappa shape index (κ3) is 5.27. The summed E-state index contributed by atoms with van der Waals surface area (Å²) in [5.74, 6) is 1.52. The van der Waals surface area contributed by atoms with Crippen molar-refractivity contribution in [2.24, 2.45) is 17.3 Å². The lowest BCUT2D eigenvalue weighted by Crippen LogP contribution is -2.41. The van der Waals surface area contributed by atoms with Crippen LogP contribution in [0.25, 0.3) is 0 Å². The smallest absolute Gasteiger partial charge is 0.0491 e. The Labute approximate surface area is 115 Å². The first kappa shape index (κ1) is 15.5. The van der Waals surface area contributed by atoms with Crippen LogP contribution in [-0.4, -0.2) is 43.6 Å². The Kier molecular flexibility index (Phi) is 6.46. The Morgan fingerprint density at radius 2 is 1.88 bits per heavy atom. The lowest BCUT2D eigenvalue weighted by molar-refractivity contribution is 0.0821. The second-order valence-electron chi connectivity index (χ2n) is 6.42. The Morgan fingerprint density at radius 1 is 1.29 bits per heavy atom. The molecule has 0 aliphatic carbocycles. The quantitative estimate of drug-likeness (QED) is 0.722. The van der Waals surface area contributed by atoms with Crippen molar-refractivity contribution >= 4 is 15.9 Å². The van der Waals surface area contributed by atoms with E-state index in [2.05, 4.69) is 41.6 Å². The summed E-state index contributed by atoms with van der Waals surface area (Å²) in [5, 5.41) is 1.11. The number of hydrogen-bond acceptors (Lipinski definition) is 2. The van der Waals surface area contributed by atoms with Crippen molar-refractivity contribution in [3.05, 3.63) is 0 Å². The number of rotatable bonds is 5. The van der Waals surface area contributed by atoms with E-state index in [0.717, 1.165) is 23.8 Å². The molecule has 17 heavy (non-hydrogen) atoms. The first-order valence-electron chi connectivity index (χ1n) is 6.74. The highest BCUT2D eigenvalue weighted by Gasteiger charge is 2.27. The molecule has 1 aliphatic heterocycles. The van der Waals surface area contributed by atoms with Gasteiger partial charge in [0.2, 0.25) is 0 Å². The lowest BCUT2D eigenvalue weighted by Gasteiger charge is -2.37. The zero-order valence-corrected chi connectivity index (χ0v) is 13.4. The number of alkyl halides is 1. The van der Waals surface area contributed by atoms with Crippen LogP contribution in [0.15, 0.2) is 0 Å². The summed E-state index contributed by atoms with van der Waals surface area (Å²) in [6, 6.07) is 0. The molecule has 1 rings (SSSR count). The number of hydrogen-bond donors (Lipinski definition) is 0. The standard InChI is InChI=1S/C14H28BrNO/c1-14(2,3)13(9-15)10-16-7-5-12(6-8-16)11-17-4/h12-13H,5-11H2,1-4H3. The Balaban J connectivity index is 2.34.